The summed E-state index contributed by atoms with van der Waals surface area (Å²) in [5, 5.41) is 6.17. The van der Waals surface area contributed by atoms with Gasteiger partial charge >= 0.3 is 0 Å². The molecular formula is C15H21FN2O. The summed E-state index contributed by atoms with van der Waals surface area (Å²) in [6, 6.07) is 7.26. The van der Waals surface area contributed by atoms with Crippen LogP contribution < -0.4 is 10.6 Å². The minimum Gasteiger partial charge on any atom is -0.356 e. The maximum absolute atomic E-state index is 12.8. The highest BCUT2D eigenvalue weighted by atomic mass is 19.1. The van der Waals surface area contributed by atoms with Gasteiger partial charge < -0.3 is 10.6 Å². The van der Waals surface area contributed by atoms with Crippen molar-refractivity contribution in [3.05, 3.63) is 35.6 Å². The van der Waals surface area contributed by atoms with Crippen molar-refractivity contribution in [2.45, 2.75) is 38.1 Å². The average molecular weight is 264 g/mol. The molecule has 3 nitrogen and oxygen atoms in total. The molecule has 1 aliphatic rings. The van der Waals surface area contributed by atoms with E-state index in [1.807, 2.05) is 19.1 Å². The lowest BCUT2D eigenvalue weighted by molar-refractivity contribution is -0.120. The summed E-state index contributed by atoms with van der Waals surface area (Å²) in [7, 11) is 0. The molecule has 0 bridgehead atoms. The molecule has 1 aromatic carbocycles. The third-order valence-corrected chi connectivity index (χ3v) is 3.64. The van der Waals surface area contributed by atoms with Crippen LogP contribution in [0.2, 0.25) is 0 Å². The van der Waals surface area contributed by atoms with Gasteiger partial charge in [0.15, 0.2) is 0 Å². The van der Waals surface area contributed by atoms with Gasteiger partial charge in [0.05, 0.1) is 0 Å². The van der Waals surface area contributed by atoms with Crippen molar-refractivity contribution >= 4 is 5.91 Å². The van der Waals surface area contributed by atoms with Crippen molar-refractivity contribution in [3.63, 3.8) is 0 Å². The van der Waals surface area contributed by atoms with Crippen LogP contribution in [-0.4, -0.2) is 25.0 Å². The number of benzene rings is 1. The van der Waals surface area contributed by atoms with Gasteiger partial charge in [-0.1, -0.05) is 12.1 Å². The number of nitrogens with one attached hydrogen (secondary N) is 2. The molecule has 104 valence electrons. The van der Waals surface area contributed by atoms with E-state index in [4.69, 9.17) is 0 Å². The summed E-state index contributed by atoms with van der Waals surface area (Å²) < 4.78 is 12.8. The van der Waals surface area contributed by atoms with Crippen LogP contribution in [0.4, 0.5) is 4.39 Å². The first-order valence-electron chi connectivity index (χ1n) is 6.94. The number of hydrogen-bond acceptors (Lipinski definition) is 2. The minimum absolute atomic E-state index is 0.101. The Kier molecular flexibility index (Phi) is 4.91. The van der Waals surface area contributed by atoms with Gasteiger partial charge in [-0.2, -0.15) is 0 Å². The molecule has 0 unspecified atom stereocenters. The van der Waals surface area contributed by atoms with Crippen LogP contribution in [-0.2, 0) is 4.79 Å². The molecule has 1 amide bonds. The summed E-state index contributed by atoms with van der Waals surface area (Å²) in [5.41, 5.74) is 1.21. The Morgan fingerprint density at radius 1 is 1.32 bits per heavy atom. The second-order valence-corrected chi connectivity index (χ2v) is 5.07. The molecular weight excluding hydrogens is 243 g/mol. The molecule has 4 heteroatoms. The van der Waals surface area contributed by atoms with E-state index in [1.165, 1.54) is 17.7 Å². The van der Waals surface area contributed by atoms with E-state index < -0.39 is 0 Å². The first kappa shape index (κ1) is 14.0. The maximum Gasteiger partial charge on any atom is 0.221 e. The number of hydrogen-bond donors (Lipinski definition) is 2. The Balaban J connectivity index is 1.64. The number of carbonyl (C=O) groups excluding carboxylic acids is 1. The van der Waals surface area contributed by atoms with E-state index in [0.717, 1.165) is 19.4 Å². The van der Waals surface area contributed by atoms with E-state index >= 15 is 0 Å². The molecule has 0 atom stereocenters. The molecule has 0 spiro atoms. The monoisotopic (exact) mass is 264 g/mol. The van der Waals surface area contributed by atoms with Gasteiger partial charge in [0.2, 0.25) is 5.91 Å². The molecule has 0 radical (unpaired) electrons. The minimum atomic E-state index is -0.181. The van der Waals surface area contributed by atoms with Crippen LogP contribution >= 0.6 is 0 Å². The van der Waals surface area contributed by atoms with Crippen molar-refractivity contribution in [1.82, 2.24) is 10.6 Å². The van der Waals surface area contributed by atoms with Gasteiger partial charge in [0, 0.05) is 25.6 Å². The van der Waals surface area contributed by atoms with E-state index in [2.05, 4.69) is 10.6 Å². The molecule has 0 aromatic heterocycles. The zero-order valence-electron chi connectivity index (χ0n) is 11.3. The first-order chi connectivity index (χ1) is 9.19. The number of rotatable bonds is 6. The standard InChI is InChI=1S/C15H21FN2O/c1-2-17-15(19)7-8-18-14-9-12(10-14)11-3-5-13(16)6-4-11/h3-6,12,14,18H,2,7-10H2,1H3,(H,17,19). The van der Waals surface area contributed by atoms with E-state index in [0.29, 0.717) is 24.9 Å². The lowest BCUT2D eigenvalue weighted by Gasteiger charge is -2.36. The summed E-state index contributed by atoms with van der Waals surface area (Å²) in [6.07, 6.45) is 2.67. The molecule has 1 aliphatic carbocycles. The second-order valence-electron chi connectivity index (χ2n) is 5.07. The molecule has 1 aromatic rings. The molecule has 2 N–H and O–H groups in total. The van der Waals surface area contributed by atoms with Crippen LogP contribution in [0, 0.1) is 5.82 Å². The Bertz CT molecular complexity index is 413. The second kappa shape index (κ2) is 6.66. The quantitative estimate of drug-likeness (QED) is 0.827. The van der Waals surface area contributed by atoms with Crippen LogP contribution in [0.3, 0.4) is 0 Å². The Morgan fingerprint density at radius 2 is 2.00 bits per heavy atom. The third kappa shape index (κ3) is 4.03. The molecule has 1 saturated carbocycles. The van der Waals surface area contributed by atoms with Crippen LogP contribution in [0.15, 0.2) is 24.3 Å². The van der Waals surface area contributed by atoms with Crippen molar-refractivity contribution in [3.8, 4) is 0 Å². The molecule has 0 heterocycles. The zero-order chi connectivity index (χ0) is 13.7. The molecule has 0 aliphatic heterocycles. The SMILES string of the molecule is CCNC(=O)CCNC1CC(c2ccc(F)cc2)C1. The predicted molar refractivity (Wildman–Crippen MR) is 73.5 cm³/mol. The number of amides is 1. The van der Waals surface area contributed by atoms with Crippen LogP contribution in [0.5, 0.6) is 0 Å². The fourth-order valence-corrected chi connectivity index (χ4v) is 2.47. The van der Waals surface area contributed by atoms with Gasteiger partial charge in [0.25, 0.3) is 0 Å². The Hall–Kier alpha value is -1.42. The van der Waals surface area contributed by atoms with Gasteiger partial charge in [-0.25, -0.2) is 4.39 Å². The molecule has 0 saturated heterocycles. The third-order valence-electron chi connectivity index (χ3n) is 3.64. The highest BCUT2D eigenvalue weighted by Crippen LogP contribution is 2.36. The molecule has 2 rings (SSSR count). The van der Waals surface area contributed by atoms with Crippen LogP contribution in [0.1, 0.15) is 37.7 Å². The van der Waals surface area contributed by atoms with E-state index in [9.17, 15) is 9.18 Å². The summed E-state index contributed by atoms with van der Waals surface area (Å²) in [5.74, 6) is 0.451. The van der Waals surface area contributed by atoms with Crippen molar-refractivity contribution in [1.29, 1.82) is 0 Å². The fourth-order valence-electron chi connectivity index (χ4n) is 2.47. The average Bonchev–Trinajstić information content (AvgIpc) is 2.34. The van der Waals surface area contributed by atoms with Gasteiger partial charge in [-0.3, -0.25) is 4.79 Å². The normalized spacial score (nSPS) is 21.8. The number of carbonyl (C=O) groups is 1. The smallest absolute Gasteiger partial charge is 0.221 e. The van der Waals surface area contributed by atoms with E-state index in [-0.39, 0.29) is 11.7 Å². The van der Waals surface area contributed by atoms with Crippen molar-refractivity contribution < 1.29 is 9.18 Å². The Labute approximate surface area is 113 Å². The molecule has 19 heavy (non-hydrogen) atoms. The van der Waals surface area contributed by atoms with E-state index in [1.54, 1.807) is 0 Å². The highest BCUT2D eigenvalue weighted by Gasteiger charge is 2.29. The van der Waals surface area contributed by atoms with Crippen molar-refractivity contribution in [2.24, 2.45) is 0 Å². The maximum atomic E-state index is 12.8. The van der Waals surface area contributed by atoms with Crippen LogP contribution in [0.25, 0.3) is 0 Å². The highest BCUT2D eigenvalue weighted by molar-refractivity contribution is 5.75. The van der Waals surface area contributed by atoms with Gasteiger partial charge in [0.1, 0.15) is 5.82 Å². The Morgan fingerprint density at radius 3 is 2.63 bits per heavy atom. The van der Waals surface area contributed by atoms with Crippen molar-refractivity contribution in [2.75, 3.05) is 13.1 Å². The lowest BCUT2D eigenvalue weighted by Crippen LogP contribution is -2.41. The number of halogens is 1. The predicted octanol–water partition coefficient (Wildman–Crippen LogP) is 2.19. The largest absolute Gasteiger partial charge is 0.356 e. The van der Waals surface area contributed by atoms with Gasteiger partial charge in [-0.05, 0) is 43.4 Å². The first-order valence-corrected chi connectivity index (χ1v) is 6.94. The fraction of sp³-hybridized carbons (Fsp3) is 0.533. The van der Waals surface area contributed by atoms with Gasteiger partial charge in [-0.15, -0.1) is 0 Å². The lowest BCUT2D eigenvalue weighted by atomic mass is 9.76. The topological polar surface area (TPSA) is 41.1 Å². The summed E-state index contributed by atoms with van der Waals surface area (Å²) in [6.45, 7) is 3.34. The summed E-state index contributed by atoms with van der Waals surface area (Å²) in [4.78, 5) is 11.3. The zero-order valence-corrected chi connectivity index (χ0v) is 11.3. The summed E-state index contributed by atoms with van der Waals surface area (Å²) >= 11 is 0. The molecule has 1 fully saturated rings.